The fourth-order valence-corrected chi connectivity index (χ4v) is 2.81. The summed E-state index contributed by atoms with van der Waals surface area (Å²) < 4.78 is 20.5. The number of fused-ring (bicyclic) bond motifs is 1. The van der Waals surface area contributed by atoms with Crippen LogP contribution in [0.4, 0.5) is 4.39 Å². The molecule has 0 saturated carbocycles. The molecule has 0 radical (unpaired) electrons. The van der Waals surface area contributed by atoms with Gasteiger partial charge in [0.1, 0.15) is 17.9 Å². The summed E-state index contributed by atoms with van der Waals surface area (Å²) in [5, 5.41) is 1.09. The largest absolute Gasteiger partial charge is 0.497 e. The van der Waals surface area contributed by atoms with E-state index >= 15 is 0 Å². The molecule has 4 heteroatoms. The van der Waals surface area contributed by atoms with Crippen LogP contribution in [0.1, 0.15) is 17.5 Å². The van der Waals surface area contributed by atoms with Gasteiger partial charge in [-0.25, -0.2) is 4.39 Å². The SMILES string of the molecule is COc1ccc2c(c1)c(CCC=O)cn2Cc1ccc(F)cc1. The van der Waals surface area contributed by atoms with E-state index in [9.17, 15) is 9.18 Å². The average Bonchev–Trinajstić information content (AvgIpc) is 2.92. The van der Waals surface area contributed by atoms with Gasteiger partial charge in [0, 0.05) is 30.1 Å². The summed E-state index contributed by atoms with van der Waals surface area (Å²) in [7, 11) is 1.64. The van der Waals surface area contributed by atoms with Crippen LogP contribution in [-0.4, -0.2) is 18.0 Å². The third kappa shape index (κ3) is 3.26. The van der Waals surface area contributed by atoms with Crippen molar-refractivity contribution >= 4 is 17.2 Å². The van der Waals surface area contributed by atoms with Crippen LogP contribution >= 0.6 is 0 Å². The first-order valence-electron chi connectivity index (χ1n) is 7.55. The Morgan fingerprint density at radius 3 is 2.65 bits per heavy atom. The number of aromatic nitrogens is 1. The zero-order valence-corrected chi connectivity index (χ0v) is 13.0. The van der Waals surface area contributed by atoms with Gasteiger partial charge in [0.15, 0.2) is 0 Å². The Labute approximate surface area is 134 Å². The molecule has 118 valence electrons. The van der Waals surface area contributed by atoms with Gasteiger partial charge in [-0.3, -0.25) is 0 Å². The quantitative estimate of drug-likeness (QED) is 0.645. The number of rotatable bonds is 6. The van der Waals surface area contributed by atoms with Crippen LogP contribution in [0.5, 0.6) is 5.75 Å². The molecule has 2 aromatic carbocycles. The van der Waals surface area contributed by atoms with Gasteiger partial charge in [-0.05, 0) is 47.9 Å². The summed E-state index contributed by atoms with van der Waals surface area (Å²) in [4.78, 5) is 10.7. The molecular formula is C19H18FNO2. The highest BCUT2D eigenvalue weighted by Crippen LogP contribution is 2.27. The van der Waals surface area contributed by atoms with Gasteiger partial charge in [0.2, 0.25) is 0 Å². The Morgan fingerprint density at radius 2 is 1.96 bits per heavy atom. The van der Waals surface area contributed by atoms with Crippen LogP contribution in [0.15, 0.2) is 48.7 Å². The molecule has 0 spiro atoms. The predicted octanol–water partition coefficient (Wildman–Crippen LogP) is 3.97. The molecule has 3 nitrogen and oxygen atoms in total. The third-order valence-corrected chi connectivity index (χ3v) is 3.97. The van der Waals surface area contributed by atoms with Gasteiger partial charge < -0.3 is 14.1 Å². The van der Waals surface area contributed by atoms with Crippen molar-refractivity contribution in [1.82, 2.24) is 4.57 Å². The molecule has 0 bridgehead atoms. The molecule has 0 saturated heterocycles. The number of methoxy groups -OCH3 is 1. The van der Waals surface area contributed by atoms with E-state index in [1.807, 2.05) is 18.2 Å². The maximum absolute atomic E-state index is 13.1. The summed E-state index contributed by atoms with van der Waals surface area (Å²) >= 11 is 0. The second kappa shape index (κ2) is 6.65. The first-order valence-corrected chi connectivity index (χ1v) is 7.55. The summed E-state index contributed by atoms with van der Waals surface area (Å²) in [5.41, 5.74) is 3.23. The first-order chi connectivity index (χ1) is 11.2. The molecule has 3 aromatic rings. The van der Waals surface area contributed by atoms with E-state index in [-0.39, 0.29) is 5.82 Å². The number of benzene rings is 2. The van der Waals surface area contributed by atoms with Gasteiger partial charge >= 0.3 is 0 Å². The van der Waals surface area contributed by atoms with Crippen LogP contribution in [0, 0.1) is 5.82 Å². The molecule has 23 heavy (non-hydrogen) atoms. The summed E-state index contributed by atoms with van der Waals surface area (Å²) in [6.45, 7) is 0.657. The normalized spacial score (nSPS) is 10.9. The Morgan fingerprint density at radius 1 is 1.17 bits per heavy atom. The monoisotopic (exact) mass is 311 g/mol. The van der Waals surface area contributed by atoms with Crippen molar-refractivity contribution in [3.8, 4) is 5.75 Å². The molecule has 0 aliphatic rings. The smallest absolute Gasteiger partial charge is 0.123 e. The number of hydrogen-bond acceptors (Lipinski definition) is 2. The van der Waals surface area contributed by atoms with Crippen molar-refractivity contribution in [2.24, 2.45) is 0 Å². The molecule has 0 atom stereocenters. The lowest BCUT2D eigenvalue weighted by Crippen LogP contribution is -1.98. The van der Waals surface area contributed by atoms with Crippen molar-refractivity contribution in [2.75, 3.05) is 7.11 Å². The van der Waals surface area contributed by atoms with Crippen molar-refractivity contribution in [3.05, 3.63) is 65.6 Å². The molecule has 3 rings (SSSR count). The molecule has 0 aliphatic heterocycles. The number of nitrogens with zero attached hydrogens (tertiary/aromatic N) is 1. The van der Waals surface area contributed by atoms with Crippen LogP contribution in [0.25, 0.3) is 10.9 Å². The zero-order chi connectivity index (χ0) is 16.2. The van der Waals surface area contributed by atoms with E-state index in [0.717, 1.165) is 34.1 Å². The van der Waals surface area contributed by atoms with Gasteiger partial charge in [-0.15, -0.1) is 0 Å². The lowest BCUT2D eigenvalue weighted by Gasteiger charge is -2.06. The van der Waals surface area contributed by atoms with E-state index in [4.69, 9.17) is 4.74 Å². The summed E-state index contributed by atoms with van der Waals surface area (Å²) in [5.74, 6) is 0.562. The van der Waals surface area contributed by atoms with E-state index in [1.54, 1.807) is 19.2 Å². The fourth-order valence-electron chi connectivity index (χ4n) is 2.81. The number of carbonyl (C=O) groups is 1. The second-order valence-electron chi connectivity index (χ2n) is 5.50. The number of hydrogen-bond donors (Lipinski definition) is 0. The van der Waals surface area contributed by atoms with Gasteiger partial charge in [0.05, 0.1) is 7.11 Å². The zero-order valence-electron chi connectivity index (χ0n) is 13.0. The molecule has 0 unspecified atom stereocenters. The maximum Gasteiger partial charge on any atom is 0.123 e. The third-order valence-electron chi connectivity index (χ3n) is 3.97. The Balaban J connectivity index is 2.01. The fraction of sp³-hybridized carbons (Fsp3) is 0.211. The minimum Gasteiger partial charge on any atom is -0.497 e. The maximum atomic E-state index is 13.1. The summed E-state index contributed by atoms with van der Waals surface area (Å²) in [6, 6.07) is 12.5. The number of aryl methyl sites for hydroxylation is 1. The lowest BCUT2D eigenvalue weighted by atomic mass is 10.1. The molecule has 1 aromatic heterocycles. The number of halogens is 1. The highest BCUT2D eigenvalue weighted by Gasteiger charge is 2.10. The second-order valence-corrected chi connectivity index (χ2v) is 5.50. The van der Waals surface area contributed by atoms with E-state index < -0.39 is 0 Å². The summed E-state index contributed by atoms with van der Waals surface area (Å²) in [6.07, 6.45) is 4.19. The molecule has 0 aliphatic carbocycles. The topological polar surface area (TPSA) is 31.2 Å². The molecular weight excluding hydrogens is 293 g/mol. The molecule has 1 heterocycles. The van der Waals surface area contributed by atoms with Crippen molar-refractivity contribution < 1.29 is 13.9 Å². The number of carbonyl (C=O) groups excluding carboxylic acids is 1. The van der Waals surface area contributed by atoms with E-state index in [0.29, 0.717) is 19.4 Å². The van der Waals surface area contributed by atoms with Crippen molar-refractivity contribution in [3.63, 3.8) is 0 Å². The Kier molecular flexibility index (Phi) is 4.42. The number of aldehydes is 1. The standard InChI is InChI=1S/C19H18FNO2/c1-23-17-8-9-19-18(11-17)15(3-2-10-22)13-21(19)12-14-4-6-16(20)7-5-14/h4-11,13H,2-3,12H2,1H3. The number of ether oxygens (including phenoxy) is 1. The van der Waals surface area contributed by atoms with E-state index in [1.165, 1.54) is 12.1 Å². The first kappa shape index (κ1) is 15.3. The predicted molar refractivity (Wildman–Crippen MR) is 88.4 cm³/mol. The van der Waals surface area contributed by atoms with Crippen molar-refractivity contribution in [1.29, 1.82) is 0 Å². The van der Waals surface area contributed by atoms with E-state index in [2.05, 4.69) is 10.8 Å². The highest BCUT2D eigenvalue weighted by molar-refractivity contribution is 5.85. The van der Waals surface area contributed by atoms with Crippen LogP contribution in [0.2, 0.25) is 0 Å². The average molecular weight is 311 g/mol. The van der Waals surface area contributed by atoms with Gasteiger partial charge in [-0.1, -0.05) is 12.1 Å². The Bertz CT molecular complexity index is 821. The minimum atomic E-state index is -0.234. The molecule has 0 fully saturated rings. The lowest BCUT2D eigenvalue weighted by molar-refractivity contribution is -0.107. The minimum absolute atomic E-state index is 0.234. The van der Waals surface area contributed by atoms with Crippen molar-refractivity contribution in [2.45, 2.75) is 19.4 Å². The van der Waals surface area contributed by atoms with Crippen LogP contribution in [-0.2, 0) is 17.8 Å². The Hall–Kier alpha value is -2.62. The highest BCUT2D eigenvalue weighted by atomic mass is 19.1. The molecule has 0 N–H and O–H groups in total. The van der Waals surface area contributed by atoms with Crippen LogP contribution in [0.3, 0.4) is 0 Å². The molecule has 0 amide bonds. The van der Waals surface area contributed by atoms with Gasteiger partial charge in [0.25, 0.3) is 0 Å². The van der Waals surface area contributed by atoms with Gasteiger partial charge in [-0.2, -0.15) is 0 Å². The van der Waals surface area contributed by atoms with Crippen LogP contribution < -0.4 is 4.74 Å².